The number of pyridine rings is 1. The van der Waals surface area contributed by atoms with Crippen LogP contribution in [-0.4, -0.2) is 23.9 Å². The molecule has 0 N–H and O–H groups in total. The van der Waals surface area contributed by atoms with E-state index in [4.69, 9.17) is 14.2 Å². The van der Waals surface area contributed by atoms with Crippen molar-refractivity contribution in [3.05, 3.63) is 52.9 Å². The van der Waals surface area contributed by atoms with E-state index in [1.54, 1.807) is 58.5 Å². The number of rotatable bonds is 3. The zero-order valence-electron chi connectivity index (χ0n) is 14.0. The molecule has 1 aromatic carbocycles. The van der Waals surface area contributed by atoms with Crippen LogP contribution in [-0.2, 0) is 4.74 Å². The molecule has 0 saturated carbocycles. The first-order chi connectivity index (χ1) is 11.3. The van der Waals surface area contributed by atoms with Crippen LogP contribution in [0.2, 0.25) is 0 Å². The Kier molecular flexibility index (Phi) is 5.18. The van der Waals surface area contributed by atoms with E-state index in [1.807, 2.05) is 0 Å². The molecule has 1 heterocycles. The van der Waals surface area contributed by atoms with Crippen LogP contribution in [0.4, 0.5) is 4.79 Å². The highest BCUT2D eigenvalue weighted by Gasteiger charge is 2.19. The van der Waals surface area contributed by atoms with Gasteiger partial charge in [-0.1, -0.05) is 12.1 Å². The van der Waals surface area contributed by atoms with E-state index in [0.29, 0.717) is 11.3 Å². The molecular formula is C18H19NO5. The summed E-state index contributed by atoms with van der Waals surface area (Å²) >= 11 is 0. The second-order valence-electron chi connectivity index (χ2n) is 6.03. The van der Waals surface area contributed by atoms with Gasteiger partial charge in [-0.05, 0) is 44.5 Å². The van der Waals surface area contributed by atoms with Gasteiger partial charge in [-0.2, -0.15) is 0 Å². The molecule has 0 aliphatic heterocycles. The number of hydrogen-bond acceptors (Lipinski definition) is 6. The Balaban J connectivity index is 2.38. The fourth-order valence-corrected chi connectivity index (χ4v) is 1.89. The average molecular weight is 329 g/mol. The van der Waals surface area contributed by atoms with E-state index in [1.165, 1.54) is 12.1 Å². The second-order valence-corrected chi connectivity index (χ2v) is 6.03. The van der Waals surface area contributed by atoms with E-state index < -0.39 is 17.2 Å². The number of methoxy groups -OCH3 is 1. The molecule has 6 nitrogen and oxygen atoms in total. The highest BCUT2D eigenvalue weighted by molar-refractivity contribution is 5.68. The van der Waals surface area contributed by atoms with Gasteiger partial charge in [0.25, 0.3) is 0 Å². The number of carbonyl (C=O) groups is 1. The lowest BCUT2D eigenvalue weighted by Crippen LogP contribution is -2.26. The zero-order chi connectivity index (χ0) is 17.7. The quantitative estimate of drug-likeness (QED) is 0.803. The third-order valence-corrected chi connectivity index (χ3v) is 2.92. The van der Waals surface area contributed by atoms with Crippen molar-refractivity contribution in [2.75, 3.05) is 7.11 Å². The SMILES string of the molecule is COc1cncc(-c2cccc(=O)c(OC(=O)OC(C)(C)C)c2)c1. The highest BCUT2D eigenvalue weighted by atomic mass is 16.7. The van der Waals surface area contributed by atoms with Gasteiger partial charge in [0, 0.05) is 11.8 Å². The summed E-state index contributed by atoms with van der Waals surface area (Å²) in [5.74, 6) is 0.461. The fourth-order valence-electron chi connectivity index (χ4n) is 1.89. The Labute approximate surface area is 140 Å². The monoisotopic (exact) mass is 329 g/mol. The number of aromatic nitrogens is 1. The van der Waals surface area contributed by atoms with Gasteiger partial charge < -0.3 is 14.2 Å². The maximum atomic E-state index is 12.1. The molecule has 1 aromatic heterocycles. The topological polar surface area (TPSA) is 74.7 Å². The van der Waals surface area contributed by atoms with Crippen molar-refractivity contribution in [2.45, 2.75) is 26.4 Å². The van der Waals surface area contributed by atoms with Crippen LogP contribution in [0.3, 0.4) is 0 Å². The van der Waals surface area contributed by atoms with Crippen molar-refractivity contribution in [1.29, 1.82) is 0 Å². The normalized spacial score (nSPS) is 10.8. The third-order valence-electron chi connectivity index (χ3n) is 2.92. The van der Waals surface area contributed by atoms with Gasteiger partial charge in [0.2, 0.25) is 5.43 Å². The molecule has 126 valence electrons. The summed E-state index contributed by atoms with van der Waals surface area (Å²) in [7, 11) is 1.54. The Morgan fingerprint density at radius 3 is 2.50 bits per heavy atom. The summed E-state index contributed by atoms with van der Waals surface area (Å²) < 4.78 is 15.3. The van der Waals surface area contributed by atoms with Crippen LogP contribution < -0.4 is 14.9 Å². The first-order valence-corrected chi connectivity index (χ1v) is 7.33. The molecule has 0 fully saturated rings. The summed E-state index contributed by atoms with van der Waals surface area (Å²) in [5.41, 5.74) is 0.236. The Morgan fingerprint density at radius 1 is 1.08 bits per heavy atom. The minimum atomic E-state index is -0.930. The predicted octanol–water partition coefficient (Wildman–Crippen LogP) is 3.43. The van der Waals surface area contributed by atoms with Crippen LogP contribution in [0.5, 0.6) is 11.5 Å². The molecule has 2 rings (SSSR count). The maximum absolute atomic E-state index is 12.1. The average Bonchev–Trinajstić information content (AvgIpc) is 2.68. The minimum absolute atomic E-state index is 0.118. The van der Waals surface area contributed by atoms with Crippen molar-refractivity contribution in [1.82, 2.24) is 4.98 Å². The molecule has 0 atom stereocenters. The predicted molar refractivity (Wildman–Crippen MR) is 89.4 cm³/mol. The molecule has 0 bridgehead atoms. The summed E-state index contributed by atoms with van der Waals surface area (Å²) in [4.78, 5) is 27.9. The van der Waals surface area contributed by atoms with Crippen molar-refractivity contribution < 1.29 is 19.0 Å². The van der Waals surface area contributed by atoms with E-state index in [2.05, 4.69) is 4.98 Å². The summed E-state index contributed by atoms with van der Waals surface area (Å²) in [6.07, 6.45) is 2.27. The third kappa shape index (κ3) is 4.81. The summed E-state index contributed by atoms with van der Waals surface area (Å²) in [6, 6.07) is 7.86. The first kappa shape index (κ1) is 17.5. The molecule has 2 aromatic rings. The van der Waals surface area contributed by atoms with E-state index in [0.717, 1.165) is 5.56 Å². The Morgan fingerprint density at radius 2 is 1.83 bits per heavy atom. The van der Waals surface area contributed by atoms with Crippen LogP contribution in [0, 0.1) is 0 Å². The van der Waals surface area contributed by atoms with Crippen LogP contribution >= 0.6 is 0 Å². The minimum Gasteiger partial charge on any atom is -0.495 e. The van der Waals surface area contributed by atoms with Gasteiger partial charge >= 0.3 is 6.16 Å². The highest BCUT2D eigenvalue weighted by Crippen LogP contribution is 2.24. The van der Waals surface area contributed by atoms with Gasteiger partial charge in [0.15, 0.2) is 5.75 Å². The lowest BCUT2D eigenvalue weighted by atomic mass is 10.1. The summed E-state index contributed by atoms with van der Waals surface area (Å²) in [5, 5.41) is 0. The molecular weight excluding hydrogens is 310 g/mol. The second kappa shape index (κ2) is 7.12. The molecule has 0 aliphatic rings. The Bertz CT molecular complexity index is 796. The van der Waals surface area contributed by atoms with Crippen LogP contribution in [0.15, 0.2) is 47.5 Å². The van der Waals surface area contributed by atoms with Crippen LogP contribution in [0.25, 0.3) is 11.1 Å². The smallest absolute Gasteiger partial charge is 0.495 e. The number of carbonyl (C=O) groups excluding carboxylic acids is 1. The van der Waals surface area contributed by atoms with Gasteiger partial charge in [-0.15, -0.1) is 0 Å². The van der Waals surface area contributed by atoms with Gasteiger partial charge in [0.05, 0.1) is 13.3 Å². The standard InChI is InChI=1S/C18H19NO5/c1-18(2,3)24-17(21)23-16-9-12(6-5-7-15(16)20)13-8-14(22-4)11-19-10-13/h5-11H,1-4H3. The zero-order valence-corrected chi connectivity index (χ0v) is 14.0. The number of nitrogens with zero attached hydrogens (tertiary/aromatic N) is 1. The molecule has 0 aliphatic carbocycles. The van der Waals surface area contributed by atoms with Crippen molar-refractivity contribution in [3.63, 3.8) is 0 Å². The van der Waals surface area contributed by atoms with Crippen molar-refractivity contribution in [2.24, 2.45) is 0 Å². The first-order valence-electron chi connectivity index (χ1n) is 7.33. The lowest BCUT2D eigenvalue weighted by Gasteiger charge is -2.18. The van der Waals surface area contributed by atoms with Crippen LogP contribution in [0.1, 0.15) is 20.8 Å². The summed E-state index contributed by atoms with van der Waals surface area (Å²) in [6.45, 7) is 5.14. The molecule has 0 radical (unpaired) electrons. The number of hydrogen-bond donors (Lipinski definition) is 0. The van der Waals surface area contributed by atoms with Crippen molar-refractivity contribution in [3.8, 4) is 22.6 Å². The Hall–Kier alpha value is -2.89. The molecule has 6 heteroatoms. The van der Waals surface area contributed by atoms with Gasteiger partial charge in [0.1, 0.15) is 11.4 Å². The van der Waals surface area contributed by atoms with E-state index >= 15 is 0 Å². The van der Waals surface area contributed by atoms with Gasteiger partial charge in [-0.3, -0.25) is 9.78 Å². The fraction of sp³-hybridized carbons (Fsp3) is 0.278. The number of ether oxygens (including phenoxy) is 3. The molecule has 0 saturated heterocycles. The van der Waals surface area contributed by atoms with Gasteiger partial charge in [-0.25, -0.2) is 4.79 Å². The van der Waals surface area contributed by atoms with E-state index in [9.17, 15) is 9.59 Å². The maximum Gasteiger partial charge on any atom is 0.514 e. The lowest BCUT2D eigenvalue weighted by molar-refractivity contribution is 0.0204. The largest absolute Gasteiger partial charge is 0.514 e. The van der Waals surface area contributed by atoms with E-state index in [-0.39, 0.29) is 5.75 Å². The molecule has 24 heavy (non-hydrogen) atoms. The molecule has 0 unspecified atom stereocenters. The van der Waals surface area contributed by atoms with Crippen molar-refractivity contribution >= 4 is 6.16 Å². The molecule has 0 amide bonds. The molecule has 0 spiro atoms.